The molecule has 9 heteroatoms. The molecule has 2 aromatic rings. The van der Waals surface area contributed by atoms with E-state index in [0.29, 0.717) is 19.1 Å². The molecule has 0 aliphatic carbocycles. The molecule has 1 unspecified atom stereocenters. The second-order valence-electron chi connectivity index (χ2n) is 8.29. The second-order valence-corrected chi connectivity index (χ2v) is 8.29. The molecule has 1 atom stereocenters. The molecule has 0 saturated heterocycles. The van der Waals surface area contributed by atoms with Gasteiger partial charge in [-0.05, 0) is 31.9 Å². The molecule has 0 bridgehead atoms. The van der Waals surface area contributed by atoms with Crippen molar-refractivity contribution in [2.24, 2.45) is 10.9 Å². The van der Waals surface area contributed by atoms with E-state index >= 15 is 0 Å². The quantitative estimate of drug-likeness (QED) is 0.265. The normalized spacial score (nSPS) is 15.2. The third-order valence-electron chi connectivity index (χ3n) is 5.12. The van der Waals surface area contributed by atoms with Gasteiger partial charge in [0, 0.05) is 43.6 Å². The molecular formula is C23H37IN6O2. The van der Waals surface area contributed by atoms with E-state index in [2.05, 4.69) is 65.2 Å². The number of nitrogens with one attached hydrogen (secondary N) is 2. The number of guanidine groups is 1. The zero-order valence-electron chi connectivity index (χ0n) is 19.9. The Bertz CT molecular complexity index is 883. The number of halogens is 1. The van der Waals surface area contributed by atoms with Crippen LogP contribution in [0.5, 0.6) is 11.5 Å². The Labute approximate surface area is 208 Å². The molecule has 2 heterocycles. The van der Waals surface area contributed by atoms with E-state index in [9.17, 15) is 0 Å². The van der Waals surface area contributed by atoms with Crippen molar-refractivity contribution in [2.45, 2.75) is 66.7 Å². The largest absolute Gasteiger partial charge is 0.494 e. The van der Waals surface area contributed by atoms with Crippen molar-refractivity contribution in [3.63, 3.8) is 0 Å². The van der Waals surface area contributed by atoms with Gasteiger partial charge in [-0.15, -0.1) is 34.2 Å². The first-order valence-electron chi connectivity index (χ1n) is 11.3. The zero-order valence-corrected chi connectivity index (χ0v) is 22.2. The maximum atomic E-state index is 5.94. The number of hydrogen-bond acceptors (Lipinski definition) is 5. The van der Waals surface area contributed by atoms with Crippen LogP contribution in [0.15, 0.2) is 23.5 Å². The first kappa shape index (κ1) is 26.2. The van der Waals surface area contributed by atoms with Crippen LogP contribution in [-0.2, 0) is 25.9 Å². The average Bonchev–Trinajstić information content (AvgIpc) is 3.34. The van der Waals surface area contributed by atoms with Crippen LogP contribution in [0.1, 0.15) is 51.6 Å². The zero-order chi connectivity index (χ0) is 22.2. The number of aliphatic imine (C=N–C) groups is 1. The Morgan fingerprint density at radius 3 is 2.84 bits per heavy atom. The van der Waals surface area contributed by atoms with E-state index in [1.807, 2.05) is 6.92 Å². The van der Waals surface area contributed by atoms with E-state index in [1.54, 1.807) is 6.33 Å². The minimum Gasteiger partial charge on any atom is -0.494 e. The summed E-state index contributed by atoms with van der Waals surface area (Å²) in [6.45, 7) is 14.1. The Hall–Kier alpha value is -2.04. The number of nitrogens with zero attached hydrogens (tertiary/aromatic N) is 4. The number of rotatable bonds is 10. The highest BCUT2D eigenvalue weighted by molar-refractivity contribution is 14.0. The minimum absolute atomic E-state index is 0. The van der Waals surface area contributed by atoms with Gasteiger partial charge in [-0.2, -0.15) is 0 Å². The number of fused-ring (bicyclic) bond motifs is 1. The van der Waals surface area contributed by atoms with Gasteiger partial charge in [-0.3, -0.25) is 0 Å². The fourth-order valence-corrected chi connectivity index (χ4v) is 3.57. The van der Waals surface area contributed by atoms with Crippen LogP contribution in [-0.4, -0.2) is 46.5 Å². The molecule has 1 aliphatic rings. The minimum atomic E-state index is 0. The summed E-state index contributed by atoms with van der Waals surface area (Å²) in [5.41, 5.74) is 2.24. The Morgan fingerprint density at radius 2 is 2.12 bits per heavy atom. The van der Waals surface area contributed by atoms with Crippen molar-refractivity contribution in [1.29, 1.82) is 0 Å². The van der Waals surface area contributed by atoms with Gasteiger partial charge in [0.05, 0.1) is 13.2 Å². The van der Waals surface area contributed by atoms with Crippen LogP contribution in [0.4, 0.5) is 0 Å². The van der Waals surface area contributed by atoms with Crippen LogP contribution < -0.4 is 20.1 Å². The molecule has 32 heavy (non-hydrogen) atoms. The highest BCUT2D eigenvalue weighted by atomic mass is 127. The molecule has 0 saturated carbocycles. The summed E-state index contributed by atoms with van der Waals surface area (Å²) in [6.07, 6.45) is 3.77. The predicted molar refractivity (Wildman–Crippen MR) is 138 cm³/mol. The van der Waals surface area contributed by atoms with Gasteiger partial charge in [-0.25, -0.2) is 4.99 Å². The molecular weight excluding hydrogens is 519 g/mol. The fourth-order valence-electron chi connectivity index (χ4n) is 3.57. The summed E-state index contributed by atoms with van der Waals surface area (Å²) in [4.78, 5) is 4.83. The highest BCUT2D eigenvalue weighted by Gasteiger charge is 2.21. The van der Waals surface area contributed by atoms with E-state index in [-0.39, 0.29) is 30.1 Å². The Morgan fingerprint density at radius 1 is 1.31 bits per heavy atom. The van der Waals surface area contributed by atoms with Crippen LogP contribution in [0.3, 0.4) is 0 Å². The molecule has 0 spiro atoms. The maximum Gasteiger partial charge on any atom is 0.191 e. The Kier molecular flexibility index (Phi) is 10.5. The molecule has 1 aromatic heterocycles. The van der Waals surface area contributed by atoms with Crippen LogP contribution in [0.25, 0.3) is 0 Å². The standard InChI is InChI=1S/C23H36N6O2.HI/c1-6-22-28-27-15-29(22)9-8-24-23(25-13-16(3)4)26-14-19-12-21-18(10-17(5)31-21)11-20(19)30-7-2;/h11-12,15-17H,6-10,13-14H2,1-5H3,(H2,24,25,26);1H. The molecule has 2 N–H and O–H groups in total. The second kappa shape index (κ2) is 12.9. The van der Waals surface area contributed by atoms with Crippen molar-refractivity contribution in [2.75, 3.05) is 19.7 Å². The van der Waals surface area contributed by atoms with E-state index in [0.717, 1.165) is 61.3 Å². The van der Waals surface area contributed by atoms with E-state index in [4.69, 9.17) is 14.5 Å². The number of hydrogen-bond donors (Lipinski definition) is 2. The van der Waals surface area contributed by atoms with E-state index < -0.39 is 0 Å². The molecule has 1 aromatic carbocycles. The van der Waals surface area contributed by atoms with Crippen molar-refractivity contribution < 1.29 is 9.47 Å². The maximum absolute atomic E-state index is 5.94. The highest BCUT2D eigenvalue weighted by Crippen LogP contribution is 2.35. The predicted octanol–water partition coefficient (Wildman–Crippen LogP) is 3.57. The summed E-state index contributed by atoms with van der Waals surface area (Å²) in [7, 11) is 0. The number of ether oxygens (including phenoxy) is 2. The fraction of sp³-hybridized carbons (Fsp3) is 0.609. The average molecular weight is 556 g/mol. The van der Waals surface area contributed by atoms with Crippen molar-refractivity contribution in [3.05, 3.63) is 35.4 Å². The summed E-state index contributed by atoms with van der Waals surface area (Å²) >= 11 is 0. The summed E-state index contributed by atoms with van der Waals surface area (Å²) in [5.74, 6) is 4.14. The number of aryl methyl sites for hydroxylation is 1. The van der Waals surface area contributed by atoms with Crippen LogP contribution in [0.2, 0.25) is 0 Å². The third kappa shape index (κ3) is 7.25. The molecule has 178 valence electrons. The topological polar surface area (TPSA) is 85.6 Å². The van der Waals surface area contributed by atoms with Gasteiger partial charge in [0.1, 0.15) is 29.8 Å². The summed E-state index contributed by atoms with van der Waals surface area (Å²) in [5, 5.41) is 15.0. The third-order valence-corrected chi connectivity index (χ3v) is 5.12. The first-order chi connectivity index (χ1) is 15.0. The molecule has 0 amide bonds. The smallest absolute Gasteiger partial charge is 0.191 e. The van der Waals surface area contributed by atoms with Crippen molar-refractivity contribution in [3.8, 4) is 11.5 Å². The lowest BCUT2D eigenvalue weighted by Gasteiger charge is -2.16. The molecule has 0 radical (unpaired) electrons. The van der Waals surface area contributed by atoms with Gasteiger partial charge in [0.15, 0.2) is 5.96 Å². The van der Waals surface area contributed by atoms with Gasteiger partial charge in [-0.1, -0.05) is 20.8 Å². The molecule has 0 fully saturated rings. The summed E-state index contributed by atoms with van der Waals surface area (Å²) in [6, 6.07) is 4.19. The van der Waals surface area contributed by atoms with Gasteiger partial charge in [0.25, 0.3) is 0 Å². The molecule has 3 rings (SSSR count). The van der Waals surface area contributed by atoms with Gasteiger partial charge < -0.3 is 24.7 Å². The Balaban J connectivity index is 0.00000363. The lowest BCUT2D eigenvalue weighted by Crippen LogP contribution is -2.40. The molecule has 8 nitrogen and oxygen atoms in total. The molecule has 1 aliphatic heterocycles. The SMILES string of the molecule is CCOc1cc2c(cc1CN=C(NCCn1cnnc1CC)NCC(C)C)OC(C)C2.I. The van der Waals surface area contributed by atoms with Crippen LogP contribution in [0, 0.1) is 5.92 Å². The monoisotopic (exact) mass is 556 g/mol. The van der Waals surface area contributed by atoms with Crippen LogP contribution >= 0.6 is 24.0 Å². The number of benzene rings is 1. The summed E-state index contributed by atoms with van der Waals surface area (Å²) < 4.78 is 13.9. The van der Waals surface area contributed by atoms with Crippen molar-refractivity contribution >= 4 is 29.9 Å². The number of aromatic nitrogens is 3. The lowest BCUT2D eigenvalue weighted by atomic mass is 10.1. The first-order valence-corrected chi connectivity index (χ1v) is 11.3. The van der Waals surface area contributed by atoms with Gasteiger partial charge >= 0.3 is 0 Å². The van der Waals surface area contributed by atoms with Crippen molar-refractivity contribution in [1.82, 2.24) is 25.4 Å². The lowest BCUT2D eigenvalue weighted by molar-refractivity contribution is 0.254. The van der Waals surface area contributed by atoms with Gasteiger partial charge in [0.2, 0.25) is 0 Å². The van der Waals surface area contributed by atoms with E-state index in [1.165, 1.54) is 5.56 Å².